The molecular weight excluding hydrogens is 288 g/mol. The van der Waals surface area contributed by atoms with E-state index in [-0.39, 0.29) is 16.3 Å². The number of hydrogen-bond donors (Lipinski definition) is 3. The summed E-state index contributed by atoms with van der Waals surface area (Å²) in [5.41, 5.74) is 1.29. The number of urea groups is 1. The van der Waals surface area contributed by atoms with Crippen LogP contribution in [0.4, 0.5) is 10.5 Å². The molecule has 0 unspecified atom stereocenters. The third kappa shape index (κ3) is 3.50. The van der Waals surface area contributed by atoms with Crippen LogP contribution < -0.4 is 10.6 Å². The zero-order valence-corrected chi connectivity index (χ0v) is 13.0. The van der Waals surface area contributed by atoms with Gasteiger partial charge in [-0.3, -0.25) is 0 Å². The molecule has 2 rings (SSSR count). The Morgan fingerprint density at radius 3 is 2.62 bits per heavy atom. The van der Waals surface area contributed by atoms with Gasteiger partial charge in [-0.15, -0.1) is 0 Å². The summed E-state index contributed by atoms with van der Waals surface area (Å²) in [6.07, 6.45) is 5.53. The second-order valence-electron chi connectivity index (χ2n) is 5.33. The molecule has 1 saturated carbocycles. The molecule has 0 heterocycles. The Kier molecular flexibility index (Phi) is 4.77. The molecule has 1 aromatic rings. The topological polar surface area (TPSA) is 78.4 Å². The number of anilines is 1. The number of aromatic carboxylic acids is 1. The number of carboxylic acids is 1. The molecule has 0 atom stereocenters. The summed E-state index contributed by atoms with van der Waals surface area (Å²) < 4.78 is 0.176. The Balaban J connectivity index is 1.97. The van der Waals surface area contributed by atoms with E-state index in [2.05, 4.69) is 16.9 Å². The van der Waals surface area contributed by atoms with Gasteiger partial charge in [0.1, 0.15) is 0 Å². The lowest BCUT2D eigenvalue weighted by Crippen LogP contribution is -2.46. The van der Waals surface area contributed by atoms with Gasteiger partial charge >= 0.3 is 12.0 Å². The first-order chi connectivity index (χ1) is 9.97. The number of benzene rings is 1. The van der Waals surface area contributed by atoms with E-state index in [9.17, 15) is 9.59 Å². The fourth-order valence-electron chi connectivity index (χ4n) is 2.43. The van der Waals surface area contributed by atoms with Crippen molar-refractivity contribution in [3.63, 3.8) is 0 Å². The van der Waals surface area contributed by atoms with E-state index < -0.39 is 5.97 Å². The van der Waals surface area contributed by atoms with Gasteiger partial charge in [0.25, 0.3) is 0 Å². The highest BCUT2D eigenvalue weighted by atomic mass is 32.2. The number of carbonyl (C=O) groups excluding carboxylic acids is 1. The van der Waals surface area contributed by atoms with Crippen molar-refractivity contribution in [2.75, 3.05) is 18.1 Å². The second-order valence-corrected chi connectivity index (χ2v) is 6.61. The molecule has 3 N–H and O–H groups in total. The van der Waals surface area contributed by atoms with E-state index in [1.54, 1.807) is 30.8 Å². The van der Waals surface area contributed by atoms with E-state index in [0.29, 0.717) is 17.8 Å². The van der Waals surface area contributed by atoms with Crippen molar-refractivity contribution in [2.24, 2.45) is 0 Å². The number of carbonyl (C=O) groups is 2. The number of amides is 2. The van der Waals surface area contributed by atoms with Crippen molar-refractivity contribution in [3.8, 4) is 0 Å². The highest BCUT2D eigenvalue weighted by Gasteiger charge is 2.36. The molecule has 5 nitrogen and oxygen atoms in total. The summed E-state index contributed by atoms with van der Waals surface area (Å²) in [4.78, 5) is 23.0. The van der Waals surface area contributed by atoms with Gasteiger partial charge in [0, 0.05) is 17.0 Å². The average molecular weight is 308 g/mol. The Morgan fingerprint density at radius 1 is 1.38 bits per heavy atom. The highest BCUT2D eigenvalue weighted by Crippen LogP contribution is 2.42. The van der Waals surface area contributed by atoms with Gasteiger partial charge in [-0.25, -0.2) is 9.59 Å². The SMILES string of the molecule is CSC1(CNC(=O)Nc2cccc(C(=O)O)c2C)CCC1. The maximum atomic E-state index is 12.0. The van der Waals surface area contributed by atoms with Gasteiger partial charge in [0.2, 0.25) is 0 Å². The van der Waals surface area contributed by atoms with Gasteiger partial charge in [0.05, 0.1) is 5.56 Å². The van der Waals surface area contributed by atoms with Crippen LogP contribution in [0.3, 0.4) is 0 Å². The predicted molar refractivity (Wildman–Crippen MR) is 85.3 cm³/mol. The Bertz CT molecular complexity index is 550. The predicted octanol–water partition coefficient (Wildman–Crippen LogP) is 3.10. The smallest absolute Gasteiger partial charge is 0.336 e. The van der Waals surface area contributed by atoms with Crippen LogP contribution >= 0.6 is 11.8 Å². The minimum atomic E-state index is -0.993. The number of hydrogen-bond acceptors (Lipinski definition) is 3. The zero-order valence-electron chi connectivity index (χ0n) is 12.2. The van der Waals surface area contributed by atoms with Crippen LogP contribution in [0.15, 0.2) is 18.2 Å². The molecule has 1 aliphatic rings. The summed E-state index contributed by atoms with van der Waals surface area (Å²) in [6, 6.07) is 4.56. The van der Waals surface area contributed by atoms with E-state index in [0.717, 1.165) is 12.8 Å². The quantitative estimate of drug-likeness (QED) is 0.781. The van der Waals surface area contributed by atoms with Crippen LogP contribution in [0, 0.1) is 6.92 Å². The molecule has 0 bridgehead atoms. The number of thioether (sulfide) groups is 1. The fraction of sp³-hybridized carbons (Fsp3) is 0.467. The molecule has 1 fully saturated rings. The molecule has 0 radical (unpaired) electrons. The summed E-state index contributed by atoms with van der Waals surface area (Å²) >= 11 is 1.80. The number of nitrogens with one attached hydrogen (secondary N) is 2. The van der Waals surface area contributed by atoms with Crippen molar-refractivity contribution in [2.45, 2.75) is 30.9 Å². The molecule has 0 spiro atoms. The van der Waals surface area contributed by atoms with Crippen LogP contribution in [-0.2, 0) is 0 Å². The molecule has 0 aromatic heterocycles. The molecule has 114 valence electrons. The Morgan fingerprint density at radius 2 is 2.10 bits per heavy atom. The average Bonchev–Trinajstić information content (AvgIpc) is 2.40. The number of carboxylic acid groups (broad SMARTS) is 1. The lowest BCUT2D eigenvalue weighted by molar-refractivity contribution is 0.0696. The van der Waals surface area contributed by atoms with Crippen molar-refractivity contribution < 1.29 is 14.7 Å². The van der Waals surface area contributed by atoms with Gasteiger partial charge in [-0.05, 0) is 43.7 Å². The molecule has 1 aromatic carbocycles. The summed E-state index contributed by atoms with van der Waals surface area (Å²) in [5, 5.41) is 14.7. The van der Waals surface area contributed by atoms with Crippen LogP contribution in [0.5, 0.6) is 0 Å². The molecule has 1 aliphatic carbocycles. The third-order valence-corrected chi connectivity index (χ3v) is 5.50. The van der Waals surface area contributed by atoms with Crippen molar-refractivity contribution in [1.82, 2.24) is 5.32 Å². The fourth-order valence-corrected chi connectivity index (χ4v) is 3.35. The number of rotatable bonds is 5. The van der Waals surface area contributed by atoms with Gasteiger partial charge < -0.3 is 15.7 Å². The maximum absolute atomic E-state index is 12.0. The first kappa shape index (κ1) is 15.7. The first-order valence-corrected chi connectivity index (χ1v) is 8.13. The lowest BCUT2D eigenvalue weighted by atomic mass is 9.84. The second kappa shape index (κ2) is 6.39. The van der Waals surface area contributed by atoms with E-state index >= 15 is 0 Å². The molecular formula is C15H20N2O3S. The van der Waals surface area contributed by atoms with Crippen LogP contribution in [0.1, 0.15) is 35.2 Å². The molecule has 0 aliphatic heterocycles. The largest absolute Gasteiger partial charge is 0.478 e. The highest BCUT2D eigenvalue weighted by molar-refractivity contribution is 8.00. The van der Waals surface area contributed by atoms with Gasteiger partial charge in [-0.1, -0.05) is 12.5 Å². The van der Waals surface area contributed by atoms with Crippen molar-refractivity contribution in [1.29, 1.82) is 0 Å². The van der Waals surface area contributed by atoms with Crippen LogP contribution in [0.2, 0.25) is 0 Å². The van der Waals surface area contributed by atoms with E-state index in [1.807, 2.05) is 0 Å². The summed E-state index contributed by atoms with van der Waals surface area (Å²) in [5.74, 6) is -0.993. The Labute approximate surface area is 128 Å². The van der Waals surface area contributed by atoms with Crippen LogP contribution in [-0.4, -0.2) is 34.7 Å². The monoisotopic (exact) mass is 308 g/mol. The van der Waals surface area contributed by atoms with E-state index in [1.165, 1.54) is 12.5 Å². The van der Waals surface area contributed by atoms with Crippen molar-refractivity contribution in [3.05, 3.63) is 29.3 Å². The van der Waals surface area contributed by atoms with E-state index in [4.69, 9.17) is 5.11 Å². The summed E-state index contributed by atoms with van der Waals surface area (Å²) in [7, 11) is 0. The van der Waals surface area contributed by atoms with Crippen LogP contribution in [0.25, 0.3) is 0 Å². The zero-order chi connectivity index (χ0) is 15.5. The van der Waals surface area contributed by atoms with Crippen molar-refractivity contribution >= 4 is 29.4 Å². The lowest BCUT2D eigenvalue weighted by Gasteiger charge is -2.40. The molecule has 6 heteroatoms. The standard InChI is InChI=1S/C15H20N2O3S/c1-10-11(13(18)19)5-3-6-12(10)17-14(20)16-9-15(21-2)7-4-8-15/h3,5-6H,4,7-9H2,1-2H3,(H,18,19)(H2,16,17,20). The minimum Gasteiger partial charge on any atom is -0.478 e. The summed E-state index contributed by atoms with van der Waals surface area (Å²) in [6.45, 7) is 2.33. The van der Waals surface area contributed by atoms with Gasteiger partial charge in [0.15, 0.2) is 0 Å². The Hall–Kier alpha value is -1.69. The normalized spacial score (nSPS) is 15.9. The third-order valence-electron chi connectivity index (χ3n) is 4.08. The molecule has 21 heavy (non-hydrogen) atoms. The molecule has 2 amide bonds. The van der Waals surface area contributed by atoms with Gasteiger partial charge in [-0.2, -0.15) is 11.8 Å². The molecule has 0 saturated heterocycles. The first-order valence-electron chi connectivity index (χ1n) is 6.90. The maximum Gasteiger partial charge on any atom is 0.336 e. The minimum absolute atomic E-state index is 0.176.